The SMILES string of the molecule is COC(=O)CC(c1cnc(NC(=O)[C@@H](N)C2CCC(F)(F)CC2)s1)c1cnc2ccc(Br)cn12.Cl. The Balaban J connectivity index is 0.00000342. The lowest BCUT2D eigenvalue weighted by molar-refractivity contribution is -0.140. The second-order valence-corrected chi connectivity index (χ2v) is 10.3. The number of aromatic nitrogens is 3. The first-order chi connectivity index (χ1) is 16.2. The first kappa shape index (κ1) is 27.4. The fourth-order valence-electron chi connectivity index (χ4n) is 4.16. The minimum Gasteiger partial charge on any atom is -0.469 e. The van der Waals surface area contributed by atoms with Crippen molar-refractivity contribution in [3.8, 4) is 0 Å². The van der Waals surface area contributed by atoms with E-state index >= 15 is 0 Å². The zero-order chi connectivity index (χ0) is 24.5. The Labute approximate surface area is 219 Å². The number of esters is 1. The van der Waals surface area contributed by atoms with Crippen molar-refractivity contribution in [3.63, 3.8) is 0 Å². The standard InChI is InChI=1S/C22H24BrF2N5O3S.ClH/c1-33-18(31)8-14(15-9-27-17-3-2-13(23)11-30(15)17)16-10-28-21(34-16)29-20(32)19(26)12-4-6-22(24,25)7-5-12;/h2-3,9-12,14,19H,4-8,26H2,1H3,(H,28,29,32);1H/t14?,19-;/m0./s1. The predicted molar refractivity (Wildman–Crippen MR) is 134 cm³/mol. The molecule has 1 aliphatic rings. The molecule has 3 heterocycles. The fourth-order valence-corrected chi connectivity index (χ4v) is 5.43. The maximum Gasteiger partial charge on any atom is 0.306 e. The summed E-state index contributed by atoms with van der Waals surface area (Å²) in [6.07, 6.45) is 5.10. The van der Waals surface area contributed by atoms with Crippen molar-refractivity contribution in [2.75, 3.05) is 12.4 Å². The van der Waals surface area contributed by atoms with Crippen molar-refractivity contribution in [2.24, 2.45) is 11.7 Å². The first-order valence-electron chi connectivity index (χ1n) is 10.8. The van der Waals surface area contributed by atoms with Gasteiger partial charge in [-0.05, 0) is 46.8 Å². The molecule has 3 N–H and O–H groups in total. The van der Waals surface area contributed by atoms with Gasteiger partial charge >= 0.3 is 5.97 Å². The quantitative estimate of drug-likeness (QED) is 0.383. The molecule has 0 saturated heterocycles. The van der Waals surface area contributed by atoms with Gasteiger partial charge in [-0.1, -0.05) is 0 Å². The summed E-state index contributed by atoms with van der Waals surface area (Å²) in [5.74, 6) is -4.25. The number of alkyl halides is 2. The van der Waals surface area contributed by atoms with Gasteiger partial charge in [-0.3, -0.25) is 9.59 Å². The molecule has 190 valence electrons. The van der Waals surface area contributed by atoms with Crippen molar-refractivity contribution in [1.29, 1.82) is 0 Å². The van der Waals surface area contributed by atoms with Crippen LogP contribution in [0.4, 0.5) is 13.9 Å². The highest BCUT2D eigenvalue weighted by molar-refractivity contribution is 9.10. The largest absolute Gasteiger partial charge is 0.469 e. The Morgan fingerprint density at radius 3 is 2.71 bits per heavy atom. The van der Waals surface area contributed by atoms with Crippen LogP contribution in [0.1, 0.15) is 48.6 Å². The molecule has 0 radical (unpaired) electrons. The molecule has 0 bridgehead atoms. The van der Waals surface area contributed by atoms with Crippen molar-refractivity contribution in [2.45, 2.75) is 50.0 Å². The molecule has 3 aromatic heterocycles. The number of carbonyl (C=O) groups is 2. The number of hydrogen-bond donors (Lipinski definition) is 2. The number of fused-ring (bicyclic) bond motifs is 1. The van der Waals surface area contributed by atoms with Gasteiger partial charge in [-0.2, -0.15) is 0 Å². The van der Waals surface area contributed by atoms with E-state index < -0.39 is 29.8 Å². The Bertz CT molecular complexity index is 1200. The third kappa shape index (κ3) is 6.35. The van der Waals surface area contributed by atoms with Gasteiger partial charge < -0.3 is 20.2 Å². The second-order valence-electron chi connectivity index (χ2n) is 8.37. The van der Waals surface area contributed by atoms with Crippen molar-refractivity contribution < 1.29 is 23.1 Å². The lowest BCUT2D eigenvalue weighted by atomic mass is 9.82. The average Bonchev–Trinajstić information content (AvgIpc) is 3.43. The van der Waals surface area contributed by atoms with Crippen molar-refractivity contribution in [3.05, 3.63) is 45.8 Å². The second kappa shape index (κ2) is 11.3. The zero-order valence-electron chi connectivity index (χ0n) is 18.7. The van der Waals surface area contributed by atoms with E-state index in [1.165, 1.54) is 18.4 Å². The van der Waals surface area contributed by atoms with Gasteiger partial charge in [0.25, 0.3) is 0 Å². The van der Waals surface area contributed by atoms with Gasteiger partial charge in [0.15, 0.2) is 5.13 Å². The number of thiazole rings is 1. The van der Waals surface area contributed by atoms with Gasteiger partial charge in [-0.25, -0.2) is 18.7 Å². The van der Waals surface area contributed by atoms with E-state index in [9.17, 15) is 18.4 Å². The number of amides is 1. The van der Waals surface area contributed by atoms with Crippen LogP contribution in [-0.4, -0.2) is 45.3 Å². The molecule has 2 atom stereocenters. The maximum absolute atomic E-state index is 13.4. The van der Waals surface area contributed by atoms with E-state index in [4.69, 9.17) is 10.5 Å². The Kier molecular flexibility index (Phi) is 8.84. The first-order valence-corrected chi connectivity index (χ1v) is 12.4. The van der Waals surface area contributed by atoms with E-state index in [0.717, 1.165) is 20.7 Å². The van der Waals surface area contributed by atoms with Crippen LogP contribution in [0.15, 0.2) is 35.2 Å². The molecular weight excluding hydrogens is 568 g/mol. The Morgan fingerprint density at radius 1 is 1.31 bits per heavy atom. The van der Waals surface area contributed by atoms with Crippen LogP contribution in [0.3, 0.4) is 0 Å². The van der Waals surface area contributed by atoms with Gasteiger partial charge in [0.2, 0.25) is 11.8 Å². The number of hydrogen-bond acceptors (Lipinski definition) is 7. The third-order valence-corrected chi connectivity index (χ3v) is 7.62. The highest BCUT2D eigenvalue weighted by Gasteiger charge is 2.38. The summed E-state index contributed by atoms with van der Waals surface area (Å²) in [5, 5.41) is 3.02. The molecule has 0 aromatic carbocycles. The van der Waals surface area contributed by atoms with E-state index in [-0.39, 0.29) is 50.4 Å². The van der Waals surface area contributed by atoms with E-state index in [2.05, 4.69) is 31.2 Å². The number of carbonyl (C=O) groups excluding carboxylic acids is 2. The Hall–Kier alpha value is -2.15. The molecule has 3 aromatic rings. The molecule has 1 amide bonds. The molecule has 0 spiro atoms. The summed E-state index contributed by atoms with van der Waals surface area (Å²) >= 11 is 4.67. The van der Waals surface area contributed by atoms with Crippen LogP contribution in [0.5, 0.6) is 0 Å². The minimum atomic E-state index is -2.68. The smallest absolute Gasteiger partial charge is 0.306 e. The monoisotopic (exact) mass is 591 g/mol. The number of imidazole rings is 1. The minimum absolute atomic E-state index is 0. The lowest BCUT2D eigenvalue weighted by Crippen LogP contribution is -2.44. The van der Waals surface area contributed by atoms with E-state index in [1.807, 2.05) is 22.7 Å². The van der Waals surface area contributed by atoms with Gasteiger partial charge in [0, 0.05) is 46.7 Å². The van der Waals surface area contributed by atoms with E-state index in [0.29, 0.717) is 5.13 Å². The normalized spacial score (nSPS) is 17.4. The van der Waals surface area contributed by atoms with Gasteiger partial charge in [0.1, 0.15) is 5.65 Å². The average molecular weight is 593 g/mol. The number of ether oxygens (including phenoxy) is 1. The predicted octanol–water partition coefficient (Wildman–Crippen LogP) is 4.76. The van der Waals surface area contributed by atoms with Gasteiger partial charge in [-0.15, -0.1) is 23.7 Å². The molecule has 1 unspecified atom stereocenters. The lowest BCUT2D eigenvalue weighted by Gasteiger charge is -2.31. The molecule has 35 heavy (non-hydrogen) atoms. The summed E-state index contributed by atoms with van der Waals surface area (Å²) in [6.45, 7) is 0. The van der Waals surface area contributed by atoms with Crippen LogP contribution in [0.25, 0.3) is 5.65 Å². The van der Waals surface area contributed by atoms with Crippen molar-refractivity contribution in [1.82, 2.24) is 14.4 Å². The zero-order valence-corrected chi connectivity index (χ0v) is 22.0. The molecule has 4 rings (SSSR count). The molecule has 13 heteroatoms. The van der Waals surface area contributed by atoms with Crippen LogP contribution < -0.4 is 11.1 Å². The van der Waals surface area contributed by atoms with Gasteiger partial charge in [0.05, 0.1) is 25.3 Å². The number of nitrogens with one attached hydrogen (secondary N) is 1. The van der Waals surface area contributed by atoms with Crippen LogP contribution in [0.2, 0.25) is 0 Å². The highest BCUT2D eigenvalue weighted by Crippen LogP contribution is 2.38. The van der Waals surface area contributed by atoms with Crippen LogP contribution >= 0.6 is 39.7 Å². The summed E-state index contributed by atoms with van der Waals surface area (Å²) in [6, 6.07) is 2.83. The summed E-state index contributed by atoms with van der Waals surface area (Å²) in [5.41, 5.74) is 7.56. The van der Waals surface area contributed by atoms with Crippen LogP contribution in [0, 0.1) is 5.92 Å². The topological polar surface area (TPSA) is 112 Å². The number of pyridine rings is 1. The fraction of sp³-hybridized carbons (Fsp3) is 0.455. The molecule has 1 fully saturated rings. The van der Waals surface area contributed by atoms with Crippen molar-refractivity contribution >= 4 is 62.3 Å². The summed E-state index contributed by atoms with van der Waals surface area (Å²) < 4.78 is 34.5. The van der Waals surface area contributed by atoms with E-state index in [1.54, 1.807) is 12.4 Å². The third-order valence-electron chi connectivity index (χ3n) is 6.12. The number of anilines is 1. The molecule has 1 aliphatic carbocycles. The number of nitrogens with zero attached hydrogens (tertiary/aromatic N) is 3. The number of halogens is 4. The summed E-state index contributed by atoms with van der Waals surface area (Å²) in [4.78, 5) is 34.3. The van der Waals surface area contributed by atoms with Crippen LogP contribution in [-0.2, 0) is 14.3 Å². The molecule has 0 aliphatic heterocycles. The maximum atomic E-state index is 13.4. The highest BCUT2D eigenvalue weighted by atomic mass is 79.9. The Morgan fingerprint density at radius 2 is 2.03 bits per heavy atom. The molecule has 8 nitrogen and oxygen atoms in total. The number of methoxy groups -OCH3 is 1. The number of rotatable bonds is 7. The molecular formula is C22H25BrClF2N5O3S. The molecule has 1 saturated carbocycles. The number of nitrogens with two attached hydrogens (primary N) is 1. The summed E-state index contributed by atoms with van der Waals surface area (Å²) in [7, 11) is 1.32.